The molecule has 0 saturated heterocycles. The highest BCUT2D eigenvalue weighted by Gasteiger charge is 2.34. The fraction of sp³-hybridized carbons (Fsp3) is 0.276. The molecule has 0 bridgehead atoms. The van der Waals surface area contributed by atoms with Crippen LogP contribution in [-0.4, -0.2) is 33.2 Å². The van der Waals surface area contributed by atoms with Gasteiger partial charge in [0.1, 0.15) is 11.5 Å². The van der Waals surface area contributed by atoms with Crippen LogP contribution in [0.2, 0.25) is 0 Å². The Balaban J connectivity index is 1.59. The maximum atomic E-state index is 13.9. The van der Waals surface area contributed by atoms with Crippen LogP contribution >= 0.6 is 39.0 Å². The molecule has 1 aliphatic rings. The number of thiazole rings is 1. The second-order valence-corrected chi connectivity index (χ2v) is 12.4. The summed E-state index contributed by atoms with van der Waals surface area (Å²) in [5.74, 6) is 0.568. The number of furan rings is 1. The number of nitrogens with zero attached hydrogens (tertiary/aromatic N) is 3. The highest BCUT2D eigenvalue weighted by atomic mass is 79.9. The van der Waals surface area contributed by atoms with Crippen LogP contribution in [-0.2, 0) is 9.53 Å². The van der Waals surface area contributed by atoms with Gasteiger partial charge in [0.05, 0.1) is 39.0 Å². The summed E-state index contributed by atoms with van der Waals surface area (Å²) in [7, 11) is 0. The SMILES string of the molecule is CCOc1ccc([C@@H]2C(C(=O)OC(C)C)=C(C)N=c3s/c(=C\c4cc(Br)c(Sc5nc(C)cc(=O)[nH]5)o4)c(=O)n32)cc1. The average Bonchev–Trinajstić information content (AvgIpc) is 3.40. The van der Waals surface area contributed by atoms with Crippen LogP contribution in [0.4, 0.5) is 0 Å². The van der Waals surface area contributed by atoms with Gasteiger partial charge >= 0.3 is 5.97 Å². The predicted octanol–water partition coefficient (Wildman–Crippen LogP) is 4.48. The van der Waals surface area contributed by atoms with E-state index in [2.05, 4.69) is 30.9 Å². The van der Waals surface area contributed by atoms with E-state index < -0.39 is 12.0 Å². The van der Waals surface area contributed by atoms with Crippen LogP contribution in [0.1, 0.15) is 50.8 Å². The lowest BCUT2D eigenvalue weighted by Crippen LogP contribution is -2.40. The third-order valence-corrected chi connectivity index (χ3v) is 8.79. The number of hydrogen-bond donors (Lipinski definition) is 1. The first-order valence-corrected chi connectivity index (χ1v) is 15.5. The van der Waals surface area contributed by atoms with E-state index in [4.69, 9.17) is 13.9 Å². The van der Waals surface area contributed by atoms with Gasteiger partial charge in [-0.15, -0.1) is 0 Å². The Hall–Kier alpha value is -3.68. The van der Waals surface area contributed by atoms with E-state index in [9.17, 15) is 14.4 Å². The van der Waals surface area contributed by atoms with Crippen LogP contribution in [0.25, 0.3) is 6.08 Å². The van der Waals surface area contributed by atoms with Crippen molar-refractivity contribution in [2.45, 2.75) is 57.0 Å². The maximum absolute atomic E-state index is 13.9. The number of aromatic nitrogens is 3. The second-order valence-electron chi connectivity index (χ2n) is 9.62. The first-order chi connectivity index (χ1) is 20.0. The van der Waals surface area contributed by atoms with Crippen molar-refractivity contribution in [3.05, 3.63) is 99.2 Å². The number of aryl methyl sites for hydroxylation is 1. The Morgan fingerprint density at radius 1 is 1.24 bits per heavy atom. The molecule has 0 spiro atoms. The largest absolute Gasteiger partial charge is 0.494 e. The van der Waals surface area contributed by atoms with E-state index in [0.29, 0.717) is 59.1 Å². The maximum Gasteiger partial charge on any atom is 0.338 e. The molecule has 0 fully saturated rings. The van der Waals surface area contributed by atoms with Gasteiger partial charge in [0, 0.05) is 17.8 Å². The highest BCUT2D eigenvalue weighted by Crippen LogP contribution is 2.35. The van der Waals surface area contributed by atoms with Crippen molar-refractivity contribution >= 4 is 51.1 Å². The normalized spacial score (nSPS) is 15.1. The monoisotopic (exact) mass is 670 g/mol. The number of carbonyl (C=O) groups is 1. The lowest BCUT2D eigenvalue weighted by atomic mass is 9.96. The molecule has 0 amide bonds. The zero-order chi connectivity index (χ0) is 30.1. The summed E-state index contributed by atoms with van der Waals surface area (Å²) in [6, 6.07) is 9.69. The molecule has 5 rings (SSSR count). The van der Waals surface area contributed by atoms with Crippen molar-refractivity contribution in [2.24, 2.45) is 4.99 Å². The number of rotatable bonds is 8. The molecule has 0 saturated carbocycles. The number of aromatic amines is 1. The summed E-state index contributed by atoms with van der Waals surface area (Å²) in [5, 5.41) is 0.845. The number of halogens is 1. The van der Waals surface area contributed by atoms with Gasteiger partial charge in [0.2, 0.25) is 0 Å². The minimum Gasteiger partial charge on any atom is -0.494 e. The summed E-state index contributed by atoms with van der Waals surface area (Å²) in [4.78, 5) is 51.1. The molecule has 42 heavy (non-hydrogen) atoms. The van der Waals surface area contributed by atoms with Crippen molar-refractivity contribution in [1.82, 2.24) is 14.5 Å². The molecular weight excluding hydrogens is 644 g/mol. The molecule has 0 aliphatic carbocycles. The van der Waals surface area contributed by atoms with Crippen molar-refractivity contribution in [2.75, 3.05) is 6.61 Å². The molecule has 0 unspecified atom stereocenters. The average molecular weight is 672 g/mol. The van der Waals surface area contributed by atoms with E-state index in [-0.39, 0.29) is 17.2 Å². The molecule has 10 nitrogen and oxygen atoms in total. The Kier molecular flexibility index (Phi) is 8.71. The van der Waals surface area contributed by atoms with Gasteiger partial charge in [-0.25, -0.2) is 14.8 Å². The molecule has 3 aromatic heterocycles. The van der Waals surface area contributed by atoms with Gasteiger partial charge in [0.15, 0.2) is 15.1 Å². The first-order valence-electron chi connectivity index (χ1n) is 13.1. The van der Waals surface area contributed by atoms with Crippen LogP contribution in [0.15, 0.2) is 81.4 Å². The molecule has 1 aliphatic heterocycles. The summed E-state index contributed by atoms with van der Waals surface area (Å²) >= 11 is 5.83. The van der Waals surface area contributed by atoms with Crippen LogP contribution in [0, 0.1) is 6.92 Å². The van der Waals surface area contributed by atoms with Crippen molar-refractivity contribution in [1.29, 1.82) is 0 Å². The van der Waals surface area contributed by atoms with E-state index in [1.54, 1.807) is 39.8 Å². The van der Waals surface area contributed by atoms with E-state index >= 15 is 0 Å². The molecule has 4 heterocycles. The van der Waals surface area contributed by atoms with Gasteiger partial charge in [-0.05, 0) is 86.1 Å². The predicted molar refractivity (Wildman–Crippen MR) is 163 cm³/mol. The summed E-state index contributed by atoms with van der Waals surface area (Å²) < 4.78 is 19.7. The van der Waals surface area contributed by atoms with E-state index in [0.717, 1.165) is 17.3 Å². The van der Waals surface area contributed by atoms with Gasteiger partial charge in [-0.1, -0.05) is 23.5 Å². The number of allylic oxidation sites excluding steroid dienone is 1. The molecule has 218 valence electrons. The lowest BCUT2D eigenvalue weighted by molar-refractivity contribution is -0.143. The third kappa shape index (κ3) is 6.22. The third-order valence-electron chi connectivity index (χ3n) is 6.08. The second kappa shape index (κ2) is 12.3. The van der Waals surface area contributed by atoms with Gasteiger partial charge in [-0.3, -0.25) is 14.2 Å². The fourth-order valence-corrected chi connectivity index (χ4v) is 6.80. The number of nitrogens with one attached hydrogen (secondary N) is 1. The summed E-state index contributed by atoms with van der Waals surface area (Å²) in [6.07, 6.45) is 1.28. The quantitative estimate of drug-likeness (QED) is 0.215. The van der Waals surface area contributed by atoms with Crippen molar-refractivity contribution < 1.29 is 18.7 Å². The smallest absolute Gasteiger partial charge is 0.338 e. The Bertz CT molecular complexity index is 1940. The number of carbonyl (C=O) groups excluding carboxylic acids is 1. The zero-order valence-electron chi connectivity index (χ0n) is 23.4. The number of H-pyrrole nitrogens is 1. The van der Waals surface area contributed by atoms with Crippen LogP contribution in [0.5, 0.6) is 5.75 Å². The number of fused-ring (bicyclic) bond motifs is 1. The van der Waals surface area contributed by atoms with Crippen molar-refractivity contribution in [3.63, 3.8) is 0 Å². The Morgan fingerprint density at radius 3 is 2.64 bits per heavy atom. The van der Waals surface area contributed by atoms with Crippen molar-refractivity contribution in [3.8, 4) is 5.75 Å². The Labute approximate surface area is 256 Å². The molecule has 0 radical (unpaired) electrons. The van der Waals surface area contributed by atoms with Gasteiger partial charge < -0.3 is 18.9 Å². The minimum absolute atomic E-state index is 0.261. The topological polar surface area (TPSA) is 129 Å². The summed E-state index contributed by atoms with van der Waals surface area (Å²) in [6.45, 7) is 9.44. The molecule has 4 aromatic rings. The lowest BCUT2D eigenvalue weighted by Gasteiger charge is -2.25. The Morgan fingerprint density at radius 2 is 1.98 bits per heavy atom. The highest BCUT2D eigenvalue weighted by molar-refractivity contribution is 9.10. The van der Waals surface area contributed by atoms with Gasteiger partial charge in [-0.2, -0.15) is 0 Å². The molecule has 1 N–H and O–H groups in total. The molecule has 13 heteroatoms. The van der Waals surface area contributed by atoms with Crippen LogP contribution < -0.4 is 25.2 Å². The van der Waals surface area contributed by atoms with Gasteiger partial charge in [0.25, 0.3) is 11.1 Å². The van der Waals surface area contributed by atoms with E-state index in [1.807, 2.05) is 31.2 Å². The number of hydrogen-bond acceptors (Lipinski definition) is 10. The first kappa shape index (κ1) is 29.8. The minimum atomic E-state index is -0.746. The van der Waals surface area contributed by atoms with E-state index in [1.165, 1.54) is 22.0 Å². The number of esters is 1. The van der Waals surface area contributed by atoms with Crippen LogP contribution in [0.3, 0.4) is 0 Å². The number of ether oxygens (including phenoxy) is 2. The molecule has 1 atom stereocenters. The zero-order valence-corrected chi connectivity index (χ0v) is 26.6. The number of benzene rings is 1. The summed E-state index contributed by atoms with van der Waals surface area (Å²) in [5.41, 5.74) is 1.49. The standard InChI is InChI=1S/C29H27BrN4O6S2/c1-6-38-18-9-7-17(8-10-18)24-23(26(37)39-14(2)3)16(5)32-29-34(24)25(36)21(41-29)13-19-12-20(30)27(40-19)42-28-31-15(4)11-22(35)33-28/h7-14,24H,6H2,1-5H3,(H,31,33,35)/b21-13-/t24-/m1/s1. The molecule has 1 aromatic carbocycles. The molecular formula is C29H27BrN4O6S2. The fourth-order valence-electron chi connectivity index (χ4n) is 4.42.